The van der Waals surface area contributed by atoms with Crippen LogP contribution in [0.2, 0.25) is 0 Å². The summed E-state index contributed by atoms with van der Waals surface area (Å²) in [6, 6.07) is 14.0. The van der Waals surface area contributed by atoms with Crippen LogP contribution in [0.4, 0.5) is 0 Å². The number of hydrogen-bond donors (Lipinski definition) is 0. The molecular weight excluding hydrogens is 539 g/mol. The number of fused-ring (bicyclic) bond motifs is 1. The fourth-order valence-electron chi connectivity index (χ4n) is 3.76. The normalized spacial score (nSPS) is 11.4. The topological polar surface area (TPSA) is 48.5 Å². The molecule has 1 radical (unpaired) electrons. The molecule has 153 valence electrons. The Kier molecular flexibility index (Phi) is 6.06. The van der Waals surface area contributed by atoms with Crippen molar-refractivity contribution in [3.63, 3.8) is 0 Å². The fraction of sp³-hybridized carbons (Fsp3) is 0.348. The summed E-state index contributed by atoms with van der Waals surface area (Å²) in [5, 5.41) is 8.69. The summed E-state index contributed by atoms with van der Waals surface area (Å²) >= 11 is 0. The van der Waals surface area contributed by atoms with Crippen molar-refractivity contribution in [2.75, 3.05) is 0 Å². The first-order chi connectivity index (χ1) is 13.4. The zero-order valence-electron chi connectivity index (χ0n) is 17.7. The summed E-state index contributed by atoms with van der Waals surface area (Å²) in [7, 11) is 2.02. The maximum absolute atomic E-state index is 4.66. The quantitative estimate of drug-likeness (QED) is 0.321. The zero-order chi connectivity index (χ0) is 20.0. The second-order valence-corrected chi connectivity index (χ2v) is 7.95. The van der Waals surface area contributed by atoms with Crippen LogP contribution >= 0.6 is 0 Å². The van der Waals surface area contributed by atoms with Gasteiger partial charge in [-0.05, 0) is 35.4 Å². The van der Waals surface area contributed by atoms with Gasteiger partial charge in [-0.1, -0.05) is 45.9 Å². The van der Waals surface area contributed by atoms with E-state index in [2.05, 4.69) is 82.3 Å². The summed E-state index contributed by atoms with van der Waals surface area (Å²) in [6.07, 6.45) is 1.81. The Hall–Kier alpha value is -2.30. The van der Waals surface area contributed by atoms with Gasteiger partial charge in [-0.2, -0.15) is 5.10 Å². The molecule has 0 unspecified atom stereocenters. The number of benzene rings is 2. The molecule has 0 aliphatic heterocycles. The second kappa shape index (κ2) is 8.21. The SMILES string of the molecule is Cc1nc2cc(-c3nncn3-c3c(C(C)C)cccc3C(C)C)[c-]cc2n1C.[Ir]. The van der Waals surface area contributed by atoms with Crippen LogP contribution in [-0.4, -0.2) is 24.3 Å². The molecule has 5 nitrogen and oxygen atoms in total. The molecular formula is C23H26IrN5-. The number of rotatable bonds is 4. The van der Waals surface area contributed by atoms with Crippen LogP contribution < -0.4 is 0 Å². The van der Waals surface area contributed by atoms with Gasteiger partial charge in [0.05, 0.1) is 11.6 Å². The molecule has 0 amide bonds. The van der Waals surface area contributed by atoms with Crippen LogP contribution in [0.1, 0.15) is 56.5 Å². The Morgan fingerprint density at radius 2 is 1.69 bits per heavy atom. The third-order valence-corrected chi connectivity index (χ3v) is 5.41. The van der Waals surface area contributed by atoms with E-state index >= 15 is 0 Å². The van der Waals surface area contributed by atoms with Crippen LogP contribution in [0.5, 0.6) is 0 Å². The average Bonchev–Trinajstić information content (AvgIpc) is 3.25. The van der Waals surface area contributed by atoms with Crippen LogP contribution in [-0.2, 0) is 27.2 Å². The summed E-state index contributed by atoms with van der Waals surface area (Å²) in [4.78, 5) is 4.66. The number of imidazole rings is 1. The van der Waals surface area contributed by atoms with Crippen molar-refractivity contribution >= 4 is 11.0 Å². The third-order valence-electron chi connectivity index (χ3n) is 5.41. The van der Waals surface area contributed by atoms with Gasteiger partial charge in [0.15, 0.2) is 0 Å². The summed E-state index contributed by atoms with van der Waals surface area (Å²) in [5.41, 5.74) is 6.68. The molecule has 0 aliphatic rings. The van der Waals surface area contributed by atoms with Crippen LogP contribution in [0.3, 0.4) is 0 Å². The number of nitrogens with zero attached hydrogens (tertiary/aromatic N) is 5. The third kappa shape index (κ3) is 3.67. The largest absolute Gasteiger partial charge is 0.371 e. The van der Waals surface area contributed by atoms with Crippen LogP contribution in [0, 0.1) is 13.0 Å². The van der Waals surface area contributed by atoms with Gasteiger partial charge in [0.2, 0.25) is 0 Å². The standard InChI is InChI=1S/C23H26N5.Ir/c1-14(2)18-8-7-9-19(15(3)4)22(18)28-13-24-26-23(28)17-10-11-21-20(12-17)25-16(5)27(21)6;/h7-9,11-15H,1-6H3;/q-1;. The molecule has 4 rings (SSSR count). The Bertz CT molecular complexity index is 1130. The van der Waals surface area contributed by atoms with Crippen molar-refractivity contribution in [1.29, 1.82) is 0 Å². The molecule has 2 heterocycles. The van der Waals surface area contributed by atoms with Crippen molar-refractivity contribution in [2.45, 2.75) is 46.5 Å². The van der Waals surface area contributed by atoms with E-state index in [-0.39, 0.29) is 20.1 Å². The van der Waals surface area contributed by atoms with E-state index in [9.17, 15) is 0 Å². The molecule has 29 heavy (non-hydrogen) atoms. The number of aromatic nitrogens is 5. The van der Waals surface area contributed by atoms with Crippen molar-refractivity contribution < 1.29 is 20.1 Å². The van der Waals surface area contributed by atoms with Gasteiger partial charge in [0.25, 0.3) is 0 Å². The van der Waals surface area contributed by atoms with Gasteiger partial charge in [-0.3, -0.25) is 4.98 Å². The summed E-state index contributed by atoms with van der Waals surface area (Å²) in [5.74, 6) is 2.57. The van der Waals surface area contributed by atoms with Gasteiger partial charge >= 0.3 is 0 Å². The molecule has 4 aromatic rings. The molecule has 2 aromatic carbocycles. The minimum Gasteiger partial charge on any atom is -0.371 e. The predicted octanol–water partition coefficient (Wildman–Crippen LogP) is 5.17. The van der Waals surface area contributed by atoms with E-state index < -0.39 is 0 Å². The van der Waals surface area contributed by atoms with Crippen molar-refractivity contribution in [1.82, 2.24) is 24.3 Å². The molecule has 6 heteroatoms. The predicted molar refractivity (Wildman–Crippen MR) is 113 cm³/mol. The maximum Gasteiger partial charge on any atom is 0.114 e. The minimum atomic E-state index is 0. The molecule has 2 aromatic heterocycles. The molecule has 0 atom stereocenters. The number of para-hydroxylation sites is 1. The molecule has 0 bridgehead atoms. The fourth-order valence-corrected chi connectivity index (χ4v) is 3.76. The van der Waals surface area contributed by atoms with E-state index in [0.717, 1.165) is 28.2 Å². The molecule has 0 aliphatic carbocycles. The smallest absolute Gasteiger partial charge is 0.114 e. The van der Waals surface area contributed by atoms with Crippen molar-refractivity contribution in [3.05, 3.63) is 59.7 Å². The molecule has 0 saturated carbocycles. The van der Waals surface area contributed by atoms with E-state index in [1.54, 1.807) is 0 Å². The zero-order valence-corrected chi connectivity index (χ0v) is 20.1. The second-order valence-electron chi connectivity index (χ2n) is 7.95. The average molecular weight is 565 g/mol. The van der Waals surface area contributed by atoms with E-state index in [0.29, 0.717) is 11.8 Å². The summed E-state index contributed by atoms with van der Waals surface area (Å²) in [6.45, 7) is 10.9. The van der Waals surface area contributed by atoms with Gasteiger partial charge in [-0.15, -0.1) is 28.9 Å². The number of hydrogen-bond acceptors (Lipinski definition) is 3. The monoisotopic (exact) mass is 565 g/mol. The first-order valence-corrected chi connectivity index (χ1v) is 9.76. The molecule has 0 spiro atoms. The Balaban J connectivity index is 0.00000240. The molecule has 0 saturated heterocycles. The van der Waals surface area contributed by atoms with Crippen molar-refractivity contribution in [3.8, 4) is 17.1 Å². The summed E-state index contributed by atoms with van der Waals surface area (Å²) < 4.78 is 4.18. The van der Waals surface area contributed by atoms with Crippen LogP contribution in [0.15, 0.2) is 36.7 Å². The first kappa shape index (κ1) is 21.4. The minimum absolute atomic E-state index is 0. The Morgan fingerprint density at radius 1 is 1.03 bits per heavy atom. The van der Waals surface area contributed by atoms with Gasteiger partial charge in [-0.25, -0.2) is 0 Å². The van der Waals surface area contributed by atoms with Crippen molar-refractivity contribution in [2.24, 2.45) is 7.05 Å². The Labute approximate surface area is 185 Å². The van der Waals surface area contributed by atoms with E-state index in [1.807, 2.05) is 26.4 Å². The maximum atomic E-state index is 4.66. The first-order valence-electron chi connectivity index (χ1n) is 9.76. The molecule has 0 fully saturated rings. The number of aryl methyl sites for hydroxylation is 2. The van der Waals surface area contributed by atoms with Gasteiger partial charge in [0, 0.05) is 38.4 Å². The van der Waals surface area contributed by atoms with Gasteiger partial charge < -0.3 is 9.13 Å². The molecule has 0 N–H and O–H groups in total. The Morgan fingerprint density at radius 3 is 2.31 bits per heavy atom. The van der Waals surface area contributed by atoms with E-state index in [4.69, 9.17) is 0 Å². The van der Waals surface area contributed by atoms with E-state index in [1.165, 1.54) is 16.8 Å². The van der Waals surface area contributed by atoms with Gasteiger partial charge in [0.1, 0.15) is 6.33 Å². The van der Waals surface area contributed by atoms with Crippen LogP contribution in [0.25, 0.3) is 28.1 Å².